The summed E-state index contributed by atoms with van der Waals surface area (Å²) < 4.78 is 14.5. The Kier molecular flexibility index (Phi) is 12.5. The van der Waals surface area contributed by atoms with Crippen LogP contribution >= 0.6 is 44.2 Å². The maximum atomic E-state index is 12.9. The van der Waals surface area contributed by atoms with Crippen molar-refractivity contribution in [1.29, 1.82) is 0 Å². The van der Waals surface area contributed by atoms with Crippen molar-refractivity contribution in [2.45, 2.75) is 26.1 Å². The summed E-state index contributed by atoms with van der Waals surface area (Å²) in [5.41, 5.74) is 2.68. The van der Waals surface area contributed by atoms with Gasteiger partial charge in [-0.25, -0.2) is 9.97 Å². The molecule has 0 amide bonds. The van der Waals surface area contributed by atoms with E-state index in [-0.39, 0.29) is 11.1 Å². The van der Waals surface area contributed by atoms with Crippen LogP contribution in [0.3, 0.4) is 0 Å². The topological polar surface area (TPSA) is 88.2 Å². The lowest BCUT2D eigenvalue weighted by Gasteiger charge is -2.15. The average Bonchev–Trinajstić information content (AvgIpc) is 3.07. The van der Waals surface area contributed by atoms with Crippen molar-refractivity contribution < 1.29 is 9.47 Å². The Balaban J connectivity index is 0.000000194. The molecular weight excluding hydrogens is 768 g/mol. The van der Waals surface area contributed by atoms with Crippen LogP contribution < -0.4 is 20.6 Å². The van der Waals surface area contributed by atoms with Gasteiger partial charge >= 0.3 is 0 Å². The lowest BCUT2D eigenvalue weighted by Crippen LogP contribution is -2.23. The number of hydrogen-bond donors (Lipinski definition) is 0. The molecule has 0 aliphatic heterocycles. The number of aryl methyl sites for hydroxylation is 1. The molecule has 0 saturated carbocycles. The molecule has 4 aromatic carbocycles. The van der Waals surface area contributed by atoms with Gasteiger partial charge in [-0.2, -0.15) is 0 Å². The Morgan fingerprint density at radius 1 is 0.622 bits per heavy atom. The minimum absolute atomic E-state index is 0.0785. The van der Waals surface area contributed by atoms with E-state index in [1.54, 1.807) is 21.3 Å². The molecule has 0 spiro atoms. The van der Waals surface area contributed by atoms with E-state index in [1.807, 2.05) is 106 Å². The van der Waals surface area contributed by atoms with E-state index in [0.29, 0.717) is 69.2 Å². The van der Waals surface area contributed by atoms with Gasteiger partial charge in [0.15, 0.2) is 0 Å². The van der Waals surface area contributed by atoms with Gasteiger partial charge in [0, 0.05) is 28.3 Å². The van der Waals surface area contributed by atoms with E-state index in [1.165, 1.54) is 0 Å². The van der Waals surface area contributed by atoms with E-state index >= 15 is 0 Å². The van der Waals surface area contributed by atoms with E-state index in [2.05, 4.69) is 54.2 Å². The number of hydrogen-bond acceptors (Lipinski definition) is 6. The molecule has 0 N–H and O–H groups in total. The van der Waals surface area contributed by atoms with Crippen LogP contribution in [0.1, 0.15) is 25.5 Å². The SMILES string of the molecule is BrBr.CCOc1ccccc1-n1c(C)nc2ccccc2c1=O.CCOc1ccccc1-n1c(CBr)nc2ccccc2c1=O. The number of alkyl halides is 1. The van der Waals surface area contributed by atoms with Crippen LogP contribution in [0.2, 0.25) is 0 Å². The Hall–Kier alpha value is -3.80. The summed E-state index contributed by atoms with van der Waals surface area (Å²) in [7, 11) is 0. The minimum atomic E-state index is -0.0906. The van der Waals surface area contributed by atoms with Crippen molar-refractivity contribution in [1.82, 2.24) is 19.1 Å². The van der Waals surface area contributed by atoms with Crippen molar-refractivity contribution in [3.05, 3.63) is 129 Å². The Bertz CT molecular complexity index is 2030. The number of para-hydroxylation sites is 6. The quantitative estimate of drug-likeness (QED) is 0.151. The maximum absolute atomic E-state index is 12.9. The first-order valence-corrected chi connectivity index (χ1v) is 19.0. The van der Waals surface area contributed by atoms with Crippen molar-refractivity contribution in [3.8, 4) is 22.9 Å². The highest BCUT2D eigenvalue weighted by atomic mass is 80.9. The van der Waals surface area contributed by atoms with Crippen LogP contribution in [0.25, 0.3) is 33.2 Å². The molecule has 6 rings (SSSR count). The van der Waals surface area contributed by atoms with Gasteiger partial charge in [-0.1, -0.05) is 64.5 Å². The number of ether oxygens (including phenoxy) is 2. The molecule has 232 valence electrons. The third kappa shape index (κ3) is 7.54. The van der Waals surface area contributed by atoms with Crippen LogP contribution in [0.15, 0.2) is 107 Å². The summed E-state index contributed by atoms with van der Waals surface area (Å²) in [6, 6.07) is 29.8. The van der Waals surface area contributed by atoms with E-state index in [9.17, 15) is 9.59 Å². The number of rotatable bonds is 7. The first-order chi connectivity index (χ1) is 22.0. The standard InChI is InChI=1S/C17H15BrN2O2.C17H16N2O2.Br2/c1-2-22-15-10-6-5-9-14(15)20-16(11-18)19-13-8-4-3-7-12(13)17(20)21;1-3-21-16-11-7-6-10-15(16)19-12(2)18-14-9-5-4-8-13(14)17(19)20;1-2/h3-10H,2,11H2,1H3;4-11H,3H2,1-2H3;. The summed E-state index contributed by atoms with van der Waals surface area (Å²) in [6.07, 6.45) is 0. The predicted molar refractivity (Wildman–Crippen MR) is 192 cm³/mol. The normalized spacial score (nSPS) is 10.4. The maximum Gasteiger partial charge on any atom is 0.266 e. The molecule has 6 aromatic rings. The van der Waals surface area contributed by atoms with Crippen molar-refractivity contribution in [2.75, 3.05) is 13.2 Å². The molecule has 0 bridgehead atoms. The Morgan fingerprint density at radius 2 is 1.04 bits per heavy atom. The van der Waals surface area contributed by atoms with Gasteiger partial charge in [-0.05, 0) is 69.3 Å². The first-order valence-electron chi connectivity index (χ1n) is 14.1. The van der Waals surface area contributed by atoms with Crippen LogP contribution in [-0.2, 0) is 5.33 Å². The molecule has 8 nitrogen and oxygen atoms in total. The molecule has 2 aromatic heterocycles. The fraction of sp³-hybridized carbons (Fsp3) is 0.176. The molecule has 0 atom stereocenters. The van der Waals surface area contributed by atoms with Gasteiger partial charge in [0.1, 0.15) is 23.1 Å². The molecule has 0 fully saturated rings. The van der Waals surface area contributed by atoms with Crippen LogP contribution in [0.4, 0.5) is 0 Å². The van der Waals surface area contributed by atoms with Crippen LogP contribution in [-0.4, -0.2) is 32.3 Å². The zero-order valence-corrected chi connectivity index (χ0v) is 29.7. The molecule has 0 saturated heterocycles. The van der Waals surface area contributed by atoms with Crippen molar-refractivity contribution in [2.24, 2.45) is 0 Å². The third-order valence-electron chi connectivity index (χ3n) is 6.72. The van der Waals surface area contributed by atoms with E-state index < -0.39 is 0 Å². The smallest absolute Gasteiger partial charge is 0.266 e. The lowest BCUT2D eigenvalue weighted by atomic mass is 10.2. The molecule has 0 aliphatic carbocycles. The number of fused-ring (bicyclic) bond motifs is 2. The molecule has 0 unspecified atom stereocenters. The summed E-state index contributed by atoms with van der Waals surface area (Å²) in [4.78, 5) is 34.8. The van der Waals surface area contributed by atoms with Gasteiger partial charge in [0.25, 0.3) is 11.1 Å². The molecule has 45 heavy (non-hydrogen) atoms. The number of aromatic nitrogens is 4. The van der Waals surface area contributed by atoms with E-state index in [0.717, 1.165) is 5.69 Å². The predicted octanol–water partition coefficient (Wildman–Crippen LogP) is 8.46. The average molecular weight is 799 g/mol. The largest absolute Gasteiger partial charge is 0.492 e. The van der Waals surface area contributed by atoms with Gasteiger partial charge in [-0.3, -0.25) is 18.7 Å². The van der Waals surface area contributed by atoms with Crippen molar-refractivity contribution in [3.63, 3.8) is 0 Å². The first kappa shape index (κ1) is 34.1. The second kappa shape index (κ2) is 16.5. The van der Waals surface area contributed by atoms with Crippen molar-refractivity contribution >= 4 is 66.0 Å². The molecule has 0 aliphatic rings. The highest BCUT2D eigenvalue weighted by Gasteiger charge is 2.15. The minimum Gasteiger partial charge on any atom is -0.492 e. The second-order valence-corrected chi connectivity index (χ2v) is 10.00. The van der Waals surface area contributed by atoms with Gasteiger partial charge in [0.05, 0.1) is 51.7 Å². The molecule has 11 heteroatoms. The van der Waals surface area contributed by atoms with Crippen LogP contribution in [0.5, 0.6) is 11.5 Å². The lowest BCUT2D eigenvalue weighted by molar-refractivity contribution is 0.338. The van der Waals surface area contributed by atoms with Gasteiger partial charge in [-0.15, -0.1) is 0 Å². The summed E-state index contributed by atoms with van der Waals surface area (Å²) in [6.45, 7) is 6.76. The summed E-state index contributed by atoms with van der Waals surface area (Å²) >= 11 is 8.93. The number of nitrogens with zero attached hydrogens (tertiary/aromatic N) is 4. The molecule has 0 radical (unpaired) electrons. The fourth-order valence-electron chi connectivity index (χ4n) is 4.88. The second-order valence-electron chi connectivity index (χ2n) is 9.44. The zero-order valence-electron chi connectivity index (χ0n) is 24.9. The number of benzene rings is 4. The highest BCUT2D eigenvalue weighted by molar-refractivity contribution is 9.93. The Morgan fingerprint density at radius 3 is 1.56 bits per heavy atom. The molecular formula is C34H31Br3N4O4. The third-order valence-corrected chi connectivity index (χ3v) is 7.22. The summed E-state index contributed by atoms with van der Waals surface area (Å²) in [5.74, 6) is 2.65. The number of halogens is 3. The molecule has 2 heterocycles. The van der Waals surface area contributed by atoms with E-state index in [4.69, 9.17) is 9.47 Å². The highest BCUT2D eigenvalue weighted by Crippen LogP contribution is 2.25. The fourth-order valence-corrected chi connectivity index (χ4v) is 5.26. The van der Waals surface area contributed by atoms with Gasteiger partial charge in [0.2, 0.25) is 0 Å². The van der Waals surface area contributed by atoms with Gasteiger partial charge < -0.3 is 9.47 Å². The summed E-state index contributed by atoms with van der Waals surface area (Å²) in [5, 5.41) is 1.68. The zero-order chi connectivity index (χ0) is 32.3. The monoisotopic (exact) mass is 796 g/mol. The Labute approximate surface area is 284 Å². The van der Waals surface area contributed by atoms with Crippen LogP contribution in [0, 0.1) is 6.92 Å².